The van der Waals surface area contributed by atoms with Crippen molar-refractivity contribution in [1.82, 2.24) is 10.5 Å². The summed E-state index contributed by atoms with van der Waals surface area (Å²) in [6.45, 7) is 1.61. The molecule has 5 rings (SSSR count). The summed E-state index contributed by atoms with van der Waals surface area (Å²) in [4.78, 5) is 21.2. The van der Waals surface area contributed by atoms with E-state index in [2.05, 4.69) is 35.7 Å². The second-order valence-corrected chi connectivity index (χ2v) is 9.20. The third-order valence-corrected chi connectivity index (χ3v) is 6.51. The molecule has 192 valence electrons. The number of hydrogen-bond acceptors (Lipinski definition) is 6. The number of aromatic nitrogens is 1. The van der Waals surface area contributed by atoms with E-state index in [0.29, 0.717) is 5.49 Å². The SMILES string of the molecule is O=C(/C=C/c1ccc(-c2ccc3c(c(=Nc4ccc(CC5=CCCOCC5)cc4)n2)NC=CC3)cc1)NO. The van der Waals surface area contributed by atoms with Crippen LogP contribution in [0.25, 0.3) is 17.3 Å². The highest BCUT2D eigenvalue weighted by molar-refractivity contribution is 5.90. The molecule has 38 heavy (non-hydrogen) atoms. The molecule has 2 aromatic carbocycles. The first-order valence-electron chi connectivity index (χ1n) is 12.8. The van der Waals surface area contributed by atoms with Crippen molar-refractivity contribution >= 4 is 23.4 Å². The first-order valence-corrected chi connectivity index (χ1v) is 12.8. The summed E-state index contributed by atoms with van der Waals surface area (Å²) in [6.07, 6.45) is 12.9. The van der Waals surface area contributed by atoms with Crippen molar-refractivity contribution in [2.75, 3.05) is 18.5 Å². The van der Waals surface area contributed by atoms with Gasteiger partial charge in [-0.3, -0.25) is 10.0 Å². The zero-order chi connectivity index (χ0) is 26.2. The van der Waals surface area contributed by atoms with E-state index in [1.165, 1.54) is 17.2 Å². The summed E-state index contributed by atoms with van der Waals surface area (Å²) in [5, 5.41) is 12.0. The number of amides is 1. The molecule has 0 atom stereocenters. The standard InChI is InChI=1S/C31H30N4O3/c36-29(35-37)16-9-22-5-10-25(11-6-22)28-15-12-26-4-1-18-32-30(26)31(34-28)33-27-13-7-24(8-14-27)21-23-3-2-19-38-20-17-23/h1,3,5-16,18,32,37H,2,4,17,19-21H2,(H,35,36)/b16-9+,33-31?. The molecule has 7 heteroatoms. The van der Waals surface area contributed by atoms with Gasteiger partial charge in [-0.2, -0.15) is 0 Å². The Morgan fingerprint density at radius 2 is 1.92 bits per heavy atom. The first-order chi connectivity index (χ1) is 18.7. The van der Waals surface area contributed by atoms with Gasteiger partial charge in [0.25, 0.3) is 5.91 Å². The molecule has 3 N–H and O–H groups in total. The normalized spacial score (nSPS) is 15.4. The fraction of sp³-hybridized carbons (Fsp3) is 0.194. The highest BCUT2D eigenvalue weighted by atomic mass is 16.5. The van der Waals surface area contributed by atoms with E-state index < -0.39 is 5.91 Å². The maximum absolute atomic E-state index is 11.3. The molecule has 0 saturated carbocycles. The van der Waals surface area contributed by atoms with Crippen LogP contribution in [0.1, 0.15) is 29.5 Å². The van der Waals surface area contributed by atoms with Gasteiger partial charge in [0, 0.05) is 11.6 Å². The zero-order valence-corrected chi connectivity index (χ0v) is 21.1. The molecule has 1 aromatic heterocycles. The molecule has 0 radical (unpaired) electrons. The Bertz CT molecular complexity index is 1460. The quantitative estimate of drug-likeness (QED) is 0.183. The molecule has 3 aromatic rings. The van der Waals surface area contributed by atoms with Crippen LogP contribution in [0.3, 0.4) is 0 Å². The predicted molar refractivity (Wildman–Crippen MR) is 149 cm³/mol. The fourth-order valence-electron chi connectivity index (χ4n) is 4.47. The van der Waals surface area contributed by atoms with Gasteiger partial charge in [0.05, 0.1) is 30.3 Å². The minimum atomic E-state index is -0.576. The Balaban J connectivity index is 1.45. The van der Waals surface area contributed by atoms with Crippen molar-refractivity contribution in [3.8, 4) is 11.3 Å². The molecule has 0 bridgehead atoms. The van der Waals surface area contributed by atoms with E-state index in [9.17, 15) is 4.79 Å². The van der Waals surface area contributed by atoms with Crippen molar-refractivity contribution in [3.05, 3.63) is 113 Å². The number of benzene rings is 2. The second-order valence-electron chi connectivity index (χ2n) is 9.20. The number of nitrogens with zero attached hydrogens (tertiary/aromatic N) is 2. The summed E-state index contributed by atoms with van der Waals surface area (Å²) in [5.41, 5.74) is 10.3. The van der Waals surface area contributed by atoms with Crippen LogP contribution in [0, 0.1) is 0 Å². The van der Waals surface area contributed by atoms with Crippen LogP contribution < -0.4 is 16.3 Å². The number of allylic oxidation sites excluding steroid dienone is 1. The predicted octanol–water partition coefficient (Wildman–Crippen LogP) is 5.26. The van der Waals surface area contributed by atoms with Crippen molar-refractivity contribution in [3.63, 3.8) is 0 Å². The molecular formula is C31H30N4O3. The summed E-state index contributed by atoms with van der Waals surface area (Å²) in [6, 6.07) is 20.2. The summed E-state index contributed by atoms with van der Waals surface area (Å²) < 4.78 is 5.56. The molecule has 1 amide bonds. The fourth-order valence-corrected chi connectivity index (χ4v) is 4.47. The molecular weight excluding hydrogens is 476 g/mol. The highest BCUT2D eigenvalue weighted by Gasteiger charge is 2.10. The number of anilines is 1. The number of hydroxylamine groups is 1. The van der Waals surface area contributed by atoms with Crippen molar-refractivity contribution < 1.29 is 14.7 Å². The van der Waals surface area contributed by atoms with Crippen molar-refractivity contribution in [2.45, 2.75) is 25.7 Å². The number of nitrogens with one attached hydrogen (secondary N) is 2. The summed E-state index contributed by atoms with van der Waals surface area (Å²) in [7, 11) is 0. The van der Waals surface area contributed by atoms with Crippen LogP contribution in [-0.2, 0) is 22.4 Å². The van der Waals surface area contributed by atoms with Crippen molar-refractivity contribution in [2.24, 2.45) is 4.99 Å². The maximum atomic E-state index is 11.3. The van der Waals surface area contributed by atoms with E-state index >= 15 is 0 Å². The molecule has 0 saturated heterocycles. The average Bonchev–Trinajstić information content (AvgIpc) is 3.32. The van der Waals surface area contributed by atoms with Gasteiger partial charge in [-0.25, -0.2) is 15.5 Å². The Hall–Kier alpha value is -4.33. The van der Waals surface area contributed by atoms with Crippen LogP contribution in [0.4, 0.5) is 11.4 Å². The lowest BCUT2D eigenvalue weighted by molar-refractivity contribution is -0.124. The molecule has 2 aliphatic heterocycles. The third kappa shape index (κ3) is 6.51. The van der Waals surface area contributed by atoms with Gasteiger partial charge in [0.2, 0.25) is 0 Å². The highest BCUT2D eigenvalue weighted by Crippen LogP contribution is 2.23. The number of hydrogen-bond donors (Lipinski definition) is 3. The van der Waals surface area contributed by atoms with E-state index in [0.717, 1.165) is 72.7 Å². The Morgan fingerprint density at radius 1 is 1.08 bits per heavy atom. The average molecular weight is 507 g/mol. The van der Waals surface area contributed by atoms with Gasteiger partial charge in [-0.1, -0.05) is 60.2 Å². The molecule has 0 unspecified atom stereocenters. The molecule has 0 fully saturated rings. The minimum Gasteiger partial charge on any atom is -0.381 e. The van der Waals surface area contributed by atoms with Crippen LogP contribution >= 0.6 is 0 Å². The Morgan fingerprint density at radius 3 is 2.74 bits per heavy atom. The van der Waals surface area contributed by atoms with Gasteiger partial charge < -0.3 is 10.1 Å². The molecule has 0 aliphatic carbocycles. The summed E-state index contributed by atoms with van der Waals surface area (Å²) in [5.74, 6) is -0.576. The van der Waals surface area contributed by atoms with Gasteiger partial charge in [-0.05, 0) is 72.8 Å². The third-order valence-electron chi connectivity index (χ3n) is 6.51. The van der Waals surface area contributed by atoms with E-state index in [-0.39, 0.29) is 0 Å². The molecule has 2 aliphatic rings. The van der Waals surface area contributed by atoms with Crippen LogP contribution in [0.2, 0.25) is 0 Å². The van der Waals surface area contributed by atoms with Crippen LogP contribution in [-0.4, -0.2) is 29.3 Å². The van der Waals surface area contributed by atoms with E-state index in [4.69, 9.17) is 19.9 Å². The lowest BCUT2D eigenvalue weighted by Crippen LogP contribution is -2.14. The largest absolute Gasteiger partial charge is 0.381 e. The van der Waals surface area contributed by atoms with Gasteiger partial charge in [0.15, 0.2) is 5.49 Å². The number of rotatable bonds is 6. The first kappa shape index (κ1) is 25.3. The van der Waals surface area contributed by atoms with Crippen LogP contribution in [0.15, 0.2) is 95.7 Å². The van der Waals surface area contributed by atoms with Gasteiger partial charge >= 0.3 is 0 Å². The second kappa shape index (κ2) is 12.3. The number of carbonyl (C=O) groups excluding carboxylic acids is 1. The van der Waals surface area contributed by atoms with Crippen LogP contribution in [0.5, 0.6) is 0 Å². The minimum absolute atomic E-state index is 0.576. The summed E-state index contributed by atoms with van der Waals surface area (Å²) >= 11 is 0. The monoisotopic (exact) mass is 506 g/mol. The molecule has 3 heterocycles. The maximum Gasteiger partial charge on any atom is 0.267 e. The Kier molecular flexibility index (Phi) is 8.18. The van der Waals surface area contributed by atoms with Gasteiger partial charge in [-0.15, -0.1) is 0 Å². The Labute approximate surface area is 221 Å². The lowest BCUT2D eigenvalue weighted by atomic mass is 10.0. The number of ether oxygens (including phenoxy) is 1. The van der Waals surface area contributed by atoms with Gasteiger partial charge in [0.1, 0.15) is 0 Å². The zero-order valence-electron chi connectivity index (χ0n) is 21.1. The smallest absolute Gasteiger partial charge is 0.267 e. The molecule has 0 spiro atoms. The van der Waals surface area contributed by atoms with E-state index in [1.54, 1.807) is 11.6 Å². The molecule has 7 nitrogen and oxygen atoms in total. The topological polar surface area (TPSA) is 95.8 Å². The lowest BCUT2D eigenvalue weighted by Gasteiger charge is -2.09. The van der Waals surface area contributed by atoms with Crippen molar-refractivity contribution in [1.29, 1.82) is 0 Å². The number of fused-ring (bicyclic) bond motifs is 1. The van der Waals surface area contributed by atoms with E-state index in [1.807, 2.05) is 48.7 Å². The number of carbonyl (C=O) groups is 1.